The Morgan fingerprint density at radius 2 is 1.48 bits per heavy atom. The quantitative estimate of drug-likeness (QED) is 0.0285. The smallest absolute Gasteiger partial charge is 0.319 e. The van der Waals surface area contributed by atoms with Crippen molar-refractivity contribution in [2.24, 2.45) is 5.41 Å². The number of likely N-dealkylation sites (N-methyl/N-ethyl adjacent to an activating group) is 1. The highest BCUT2D eigenvalue weighted by atomic mass is 32.1. The molecule has 414 valence electrons. The Balaban J connectivity index is 0.00000961. The van der Waals surface area contributed by atoms with Crippen LogP contribution in [0.1, 0.15) is 160 Å². The molecule has 0 radical (unpaired) electrons. The monoisotopic (exact) mass is 1090 g/mol. The van der Waals surface area contributed by atoms with Crippen LogP contribution in [0, 0.1) is 12.3 Å². The van der Waals surface area contributed by atoms with Crippen LogP contribution in [0.25, 0.3) is 10.4 Å². The second-order valence-electron chi connectivity index (χ2n) is 22.2. The van der Waals surface area contributed by atoms with Crippen LogP contribution < -0.4 is 21.3 Å². The zero-order valence-electron chi connectivity index (χ0n) is 46.0. The van der Waals surface area contributed by atoms with Crippen LogP contribution >= 0.6 is 24.8 Å². The van der Waals surface area contributed by atoms with E-state index in [1.165, 1.54) is 4.90 Å². The summed E-state index contributed by atoms with van der Waals surface area (Å²) in [6.07, 6.45) is 4.63. The standard InChI is InChI=1S/C58H76N10O7S.H2S/c1-36(38-23-27-41(28-24-38)49-37(2)59-35-76-49)60-54(73)46-31-43(69)32-67(46)55(74)51(57(3,4)5)62-48(71)22-18-13-11-10-12-17-21-47(70)40-25-29-42(30-26-40)53(72)63-52-44-33-68(58(6,7)50(44)64-65-52)56(75)61-45(34-66(8)9)39-19-15-14-16-20-39;/h14-16,19-20,23-30,35-36,43,45-46,51,69H,10-13,17-18,21-22,31-34H2,1-9H3,(H,60,73)(H,61,75)(H,62,71)(H2,63,64,65,72);1H2/t36-,43+,45+,46-,51+;/m0./s1. The van der Waals surface area contributed by atoms with Crippen LogP contribution in [0.3, 0.4) is 0 Å². The molecule has 77 heavy (non-hydrogen) atoms. The molecule has 0 bridgehead atoms. The number of aliphatic hydroxyl groups is 1. The van der Waals surface area contributed by atoms with Gasteiger partial charge in [-0.2, -0.15) is 18.6 Å². The van der Waals surface area contributed by atoms with Gasteiger partial charge in [-0.15, -0.1) is 11.3 Å². The fourth-order valence-corrected chi connectivity index (χ4v) is 10.9. The van der Waals surface area contributed by atoms with E-state index < -0.39 is 35.0 Å². The molecule has 4 heterocycles. The van der Waals surface area contributed by atoms with Crippen molar-refractivity contribution in [2.45, 2.75) is 149 Å². The first-order chi connectivity index (χ1) is 36.1. The number of fused-ring (bicyclic) bond motifs is 1. The number of Topliss-reactive ketones (excluding diaryl/α,β-unsaturated/α-hetero) is 1. The Morgan fingerprint density at radius 3 is 2.10 bits per heavy atom. The first-order valence-electron chi connectivity index (χ1n) is 26.5. The maximum Gasteiger partial charge on any atom is 0.319 e. The number of β-amino-alcohol motifs (C(OH)–C–C–N with tert-alkyl or cyclic N) is 1. The first-order valence-corrected chi connectivity index (χ1v) is 27.4. The molecule has 17 nitrogen and oxygen atoms in total. The number of aromatic nitrogens is 3. The highest BCUT2D eigenvalue weighted by molar-refractivity contribution is 7.59. The SMILES string of the molecule is Cc1ncsc1-c1ccc([C@H](C)NC(=O)[C@@H]2C[C@@H](O)CN2C(=O)[C@@H](NC(=O)CCCCCCCCC(=O)c2ccc(C(=O)Nc3n[nH]c4c3CN(C(=O)N[C@H](CN(C)C)c3ccccc3)C4(C)C)cc2)C(C)(C)C)cc1.S. The van der Waals surface area contributed by atoms with Gasteiger partial charge in [0.15, 0.2) is 11.6 Å². The van der Waals surface area contributed by atoms with Gasteiger partial charge >= 0.3 is 6.03 Å². The first kappa shape index (κ1) is 59.8. The van der Waals surface area contributed by atoms with Crippen molar-refractivity contribution in [2.75, 3.05) is 32.5 Å². The number of nitrogens with zero attached hydrogens (tertiary/aromatic N) is 5. The number of anilines is 1. The van der Waals surface area contributed by atoms with Crippen LogP contribution in [0.15, 0.2) is 84.4 Å². The van der Waals surface area contributed by atoms with Crippen molar-refractivity contribution in [3.8, 4) is 10.4 Å². The molecule has 2 aliphatic heterocycles. The van der Waals surface area contributed by atoms with Crippen LogP contribution in [0.5, 0.6) is 0 Å². The minimum Gasteiger partial charge on any atom is -0.391 e. The summed E-state index contributed by atoms with van der Waals surface area (Å²) in [5.74, 6) is -1.03. The molecule has 2 aromatic heterocycles. The van der Waals surface area contributed by atoms with Crippen molar-refractivity contribution < 1.29 is 33.9 Å². The van der Waals surface area contributed by atoms with E-state index in [0.717, 1.165) is 64.2 Å². The lowest BCUT2D eigenvalue weighted by atomic mass is 9.85. The fraction of sp³-hybridized carbons (Fsp3) is 0.483. The molecule has 0 unspecified atom stereocenters. The number of benzene rings is 3. The average molecular weight is 1090 g/mol. The highest BCUT2D eigenvalue weighted by Gasteiger charge is 2.46. The van der Waals surface area contributed by atoms with E-state index in [1.54, 1.807) is 40.5 Å². The molecule has 1 saturated heterocycles. The Bertz CT molecular complexity index is 2830. The van der Waals surface area contributed by atoms with Crippen molar-refractivity contribution in [3.63, 3.8) is 0 Å². The van der Waals surface area contributed by atoms with Gasteiger partial charge in [0.25, 0.3) is 5.91 Å². The summed E-state index contributed by atoms with van der Waals surface area (Å²) in [7, 11) is 3.93. The number of urea groups is 1. The van der Waals surface area contributed by atoms with E-state index in [1.807, 2.05) is 128 Å². The number of carbonyl (C=O) groups is 6. The third-order valence-corrected chi connectivity index (χ3v) is 15.6. The second kappa shape index (κ2) is 26.3. The van der Waals surface area contributed by atoms with E-state index in [4.69, 9.17) is 0 Å². The summed E-state index contributed by atoms with van der Waals surface area (Å²) in [5.41, 5.74) is 6.73. The number of ketones is 1. The van der Waals surface area contributed by atoms with Gasteiger partial charge in [-0.05, 0) is 88.9 Å². The molecular formula is C58H78N10O7S2. The summed E-state index contributed by atoms with van der Waals surface area (Å²) in [4.78, 5) is 92.0. The minimum atomic E-state index is -0.899. The predicted molar refractivity (Wildman–Crippen MR) is 306 cm³/mol. The lowest BCUT2D eigenvalue weighted by Gasteiger charge is -2.35. The molecule has 3 aromatic carbocycles. The zero-order chi connectivity index (χ0) is 54.9. The second-order valence-corrected chi connectivity index (χ2v) is 23.1. The Labute approximate surface area is 464 Å². The number of H-pyrrole nitrogens is 1. The number of carbonyl (C=O) groups excluding carboxylic acids is 6. The van der Waals surface area contributed by atoms with Crippen LogP contribution in [-0.2, 0) is 26.5 Å². The maximum absolute atomic E-state index is 14.1. The number of unbranched alkanes of at least 4 members (excludes halogenated alkanes) is 5. The molecule has 0 aliphatic carbocycles. The van der Waals surface area contributed by atoms with Gasteiger partial charge in [-0.25, -0.2) is 9.78 Å². The predicted octanol–water partition coefficient (Wildman–Crippen LogP) is 8.94. The number of nitrogens with one attached hydrogen (secondary N) is 5. The molecule has 2 aliphatic rings. The lowest BCUT2D eigenvalue weighted by molar-refractivity contribution is -0.144. The highest BCUT2D eigenvalue weighted by Crippen LogP contribution is 2.41. The number of hydrogen-bond acceptors (Lipinski definition) is 11. The van der Waals surface area contributed by atoms with Gasteiger partial charge in [0.2, 0.25) is 17.7 Å². The molecule has 0 spiro atoms. The van der Waals surface area contributed by atoms with Crippen molar-refractivity contribution in [1.29, 1.82) is 0 Å². The number of aryl methyl sites for hydroxylation is 1. The third kappa shape index (κ3) is 15.0. The zero-order valence-corrected chi connectivity index (χ0v) is 47.8. The van der Waals surface area contributed by atoms with E-state index in [0.29, 0.717) is 42.8 Å². The van der Waals surface area contributed by atoms with Gasteiger partial charge in [-0.3, -0.25) is 29.1 Å². The van der Waals surface area contributed by atoms with E-state index >= 15 is 0 Å². The summed E-state index contributed by atoms with van der Waals surface area (Å²) in [6.45, 7) is 14.2. The Morgan fingerprint density at radius 1 is 0.844 bits per heavy atom. The normalized spacial score (nSPS) is 17.0. The average Bonchev–Trinajstić information content (AvgIpc) is 4.26. The molecule has 1 fully saturated rings. The van der Waals surface area contributed by atoms with E-state index in [-0.39, 0.29) is 81.0 Å². The molecule has 5 aromatic rings. The third-order valence-electron chi connectivity index (χ3n) is 14.6. The van der Waals surface area contributed by atoms with Crippen LogP contribution in [0.4, 0.5) is 10.6 Å². The topological polar surface area (TPSA) is 222 Å². The van der Waals surface area contributed by atoms with Gasteiger partial charge < -0.3 is 41.1 Å². The summed E-state index contributed by atoms with van der Waals surface area (Å²) < 4.78 is 0. The largest absolute Gasteiger partial charge is 0.391 e. The van der Waals surface area contributed by atoms with Crippen LogP contribution in [-0.4, -0.2) is 116 Å². The fourth-order valence-electron chi connectivity index (χ4n) is 10.1. The molecule has 6 amide bonds. The number of likely N-dealkylation sites (tertiary alicyclic amines) is 1. The van der Waals surface area contributed by atoms with Crippen molar-refractivity contribution in [1.82, 2.24) is 45.8 Å². The molecule has 6 N–H and O–H groups in total. The van der Waals surface area contributed by atoms with Crippen molar-refractivity contribution >= 4 is 66.1 Å². The minimum absolute atomic E-state index is 0. The number of amides is 6. The van der Waals surface area contributed by atoms with E-state index in [2.05, 4.69) is 36.4 Å². The summed E-state index contributed by atoms with van der Waals surface area (Å²) >= 11 is 1.57. The lowest BCUT2D eigenvalue weighted by Crippen LogP contribution is -2.57. The van der Waals surface area contributed by atoms with Gasteiger partial charge in [0.05, 0.1) is 52.0 Å². The summed E-state index contributed by atoms with van der Waals surface area (Å²) in [6, 6.07) is 21.8. The molecular weight excluding hydrogens is 1010 g/mol. The molecule has 5 atom stereocenters. The van der Waals surface area contributed by atoms with E-state index in [9.17, 15) is 33.9 Å². The number of hydrogen-bond donors (Lipinski definition) is 6. The van der Waals surface area contributed by atoms with Crippen molar-refractivity contribution in [3.05, 3.63) is 124 Å². The summed E-state index contributed by atoms with van der Waals surface area (Å²) in [5, 5.41) is 30.2. The molecule has 0 saturated carbocycles. The van der Waals surface area contributed by atoms with Gasteiger partial charge in [-0.1, -0.05) is 113 Å². The number of aliphatic hydroxyl groups excluding tert-OH is 1. The Kier molecular flexibility index (Phi) is 20.4. The maximum atomic E-state index is 14.1. The molecule has 7 rings (SSSR count). The Hall–Kier alpha value is -6.41. The number of aromatic amines is 1. The van der Waals surface area contributed by atoms with Gasteiger partial charge in [0.1, 0.15) is 12.1 Å². The van der Waals surface area contributed by atoms with Gasteiger partial charge in [0, 0.05) is 49.0 Å². The molecule has 19 heteroatoms. The number of thiazole rings is 1. The van der Waals surface area contributed by atoms with Crippen LogP contribution in [0.2, 0.25) is 0 Å². The number of rotatable bonds is 22.